The Morgan fingerprint density at radius 3 is 3.05 bits per heavy atom. The standard InChI is InChI=1S/C16H24N2O3S/c1-3-21-10-5-9-17-16(20)12-7-8-14(19)18(2)15(12)13-6-4-11-22-13/h4,6,11-12,15H,3,5,7-10H2,1-2H3,(H,17,20)/t12-,15+/m0/s1. The molecule has 2 atom stereocenters. The van der Waals surface area contributed by atoms with Crippen LogP contribution in [0.1, 0.15) is 37.1 Å². The van der Waals surface area contributed by atoms with Crippen LogP contribution in [0.3, 0.4) is 0 Å². The predicted octanol–water partition coefficient (Wildman–Crippen LogP) is 2.20. The number of carbonyl (C=O) groups is 2. The van der Waals surface area contributed by atoms with Gasteiger partial charge in [0.2, 0.25) is 11.8 Å². The number of ether oxygens (including phenoxy) is 1. The molecule has 2 rings (SSSR count). The number of hydrogen-bond donors (Lipinski definition) is 1. The summed E-state index contributed by atoms with van der Waals surface area (Å²) in [6, 6.07) is 3.82. The fraction of sp³-hybridized carbons (Fsp3) is 0.625. The van der Waals surface area contributed by atoms with Crippen molar-refractivity contribution in [1.29, 1.82) is 0 Å². The van der Waals surface area contributed by atoms with Crippen molar-refractivity contribution in [2.24, 2.45) is 5.92 Å². The summed E-state index contributed by atoms with van der Waals surface area (Å²) in [6.45, 7) is 3.93. The first-order chi connectivity index (χ1) is 10.6. The molecule has 2 heterocycles. The second-order valence-corrected chi connectivity index (χ2v) is 6.43. The van der Waals surface area contributed by atoms with Gasteiger partial charge in [0, 0.05) is 38.1 Å². The molecule has 0 unspecified atom stereocenters. The van der Waals surface area contributed by atoms with Gasteiger partial charge in [-0.2, -0.15) is 0 Å². The number of likely N-dealkylation sites (tertiary alicyclic amines) is 1. The Morgan fingerprint density at radius 2 is 2.36 bits per heavy atom. The summed E-state index contributed by atoms with van der Waals surface area (Å²) < 4.78 is 5.27. The minimum absolute atomic E-state index is 0.0363. The first-order valence-electron chi connectivity index (χ1n) is 7.79. The molecule has 2 amide bonds. The fourth-order valence-corrected chi connectivity index (χ4v) is 3.76. The normalized spacial score (nSPS) is 21.9. The van der Waals surface area contributed by atoms with Gasteiger partial charge in [-0.05, 0) is 31.2 Å². The Balaban J connectivity index is 1.97. The molecule has 1 N–H and O–H groups in total. The number of amides is 2. The van der Waals surface area contributed by atoms with E-state index >= 15 is 0 Å². The molecule has 0 aliphatic carbocycles. The largest absolute Gasteiger partial charge is 0.382 e. The van der Waals surface area contributed by atoms with E-state index in [1.807, 2.05) is 24.4 Å². The molecule has 1 saturated heterocycles. The van der Waals surface area contributed by atoms with E-state index in [0.29, 0.717) is 32.6 Å². The van der Waals surface area contributed by atoms with Crippen LogP contribution in [-0.2, 0) is 14.3 Å². The van der Waals surface area contributed by atoms with Crippen molar-refractivity contribution in [2.75, 3.05) is 26.8 Å². The lowest BCUT2D eigenvalue weighted by molar-refractivity contribution is -0.141. The number of carbonyl (C=O) groups excluding carboxylic acids is 2. The first-order valence-corrected chi connectivity index (χ1v) is 8.67. The van der Waals surface area contributed by atoms with E-state index in [0.717, 1.165) is 11.3 Å². The van der Waals surface area contributed by atoms with E-state index in [1.165, 1.54) is 0 Å². The topological polar surface area (TPSA) is 58.6 Å². The Bertz CT molecular complexity index is 490. The van der Waals surface area contributed by atoms with Crippen molar-refractivity contribution in [3.8, 4) is 0 Å². The highest BCUT2D eigenvalue weighted by Gasteiger charge is 2.39. The molecule has 0 radical (unpaired) electrons. The van der Waals surface area contributed by atoms with Gasteiger partial charge < -0.3 is 15.0 Å². The summed E-state index contributed by atoms with van der Waals surface area (Å²) in [5.74, 6) is -0.0264. The summed E-state index contributed by atoms with van der Waals surface area (Å²) in [4.78, 5) is 27.3. The number of nitrogens with one attached hydrogen (secondary N) is 1. The minimum Gasteiger partial charge on any atom is -0.382 e. The van der Waals surface area contributed by atoms with Gasteiger partial charge in [-0.1, -0.05) is 6.07 Å². The predicted molar refractivity (Wildman–Crippen MR) is 86.7 cm³/mol. The van der Waals surface area contributed by atoms with Gasteiger partial charge in [0.25, 0.3) is 0 Å². The average Bonchev–Trinajstić information content (AvgIpc) is 3.03. The van der Waals surface area contributed by atoms with Gasteiger partial charge in [0.1, 0.15) is 0 Å². The Kier molecular flexibility index (Phi) is 6.39. The van der Waals surface area contributed by atoms with Crippen LogP contribution in [0, 0.1) is 5.92 Å². The SMILES string of the molecule is CCOCCCNC(=O)[C@H]1CCC(=O)N(C)[C@H]1c1cccs1. The molecule has 1 aliphatic rings. The Hall–Kier alpha value is -1.40. The molecule has 5 nitrogen and oxygen atoms in total. The van der Waals surface area contributed by atoms with Crippen molar-refractivity contribution in [3.05, 3.63) is 22.4 Å². The highest BCUT2D eigenvalue weighted by atomic mass is 32.1. The van der Waals surface area contributed by atoms with Crippen LogP contribution < -0.4 is 5.32 Å². The zero-order chi connectivity index (χ0) is 15.9. The molecular weight excluding hydrogens is 300 g/mol. The molecule has 0 aromatic carbocycles. The van der Waals surface area contributed by atoms with Crippen molar-refractivity contribution in [3.63, 3.8) is 0 Å². The van der Waals surface area contributed by atoms with Crippen LogP contribution in [0.5, 0.6) is 0 Å². The van der Waals surface area contributed by atoms with Crippen molar-refractivity contribution in [2.45, 2.75) is 32.2 Å². The maximum Gasteiger partial charge on any atom is 0.225 e. The number of hydrogen-bond acceptors (Lipinski definition) is 4. The van der Waals surface area contributed by atoms with E-state index in [-0.39, 0.29) is 23.8 Å². The molecule has 1 aromatic heterocycles. The van der Waals surface area contributed by atoms with E-state index in [9.17, 15) is 9.59 Å². The third kappa shape index (κ3) is 4.08. The van der Waals surface area contributed by atoms with Crippen LogP contribution in [-0.4, -0.2) is 43.5 Å². The lowest BCUT2D eigenvalue weighted by Crippen LogP contribution is -2.46. The second-order valence-electron chi connectivity index (χ2n) is 5.45. The Morgan fingerprint density at radius 1 is 1.55 bits per heavy atom. The van der Waals surface area contributed by atoms with E-state index in [2.05, 4.69) is 5.32 Å². The molecule has 1 aromatic rings. The van der Waals surface area contributed by atoms with Crippen LogP contribution in [0.4, 0.5) is 0 Å². The zero-order valence-corrected chi connectivity index (χ0v) is 14.0. The smallest absolute Gasteiger partial charge is 0.225 e. The lowest BCUT2D eigenvalue weighted by Gasteiger charge is -2.37. The van der Waals surface area contributed by atoms with E-state index in [4.69, 9.17) is 4.74 Å². The minimum atomic E-state index is -0.173. The summed E-state index contributed by atoms with van der Waals surface area (Å²) >= 11 is 1.60. The maximum atomic E-state index is 12.5. The monoisotopic (exact) mass is 324 g/mol. The maximum absolute atomic E-state index is 12.5. The summed E-state index contributed by atoms with van der Waals surface area (Å²) in [5.41, 5.74) is 0. The number of thiophene rings is 1. The summed E-state index contributed by atoms with van der Waals surface area (Å²) in [7, 11) is 1.79. The highest BCUT2D eigenvalue weighted by molar-refractivity contribution is 7.10. The van der Waals surface area contributed by atoms with Crippen molar-refractivity contribution < 1.29 is 14.3 Å². The summed E-state index contributed by atoms with van der Waals surface area (Å²) in [5, 5.41) is 4.97. The molecular formula is C16H24N2O3S. The van der Waals surface area contributed by atoms with Crippen LogP contribution >= 0.6 is 11.3 Å². The molecule has 22 heavy (non-hydrogen) atoms. The van der Waals surface area contributed by atoms with Gasteiger partial charge in [-0.25, -0.2) is 0 Å². The van der Waals surface area contributed by atoms with E-state index < -0.39 is 0 Å². The van der Waals surface area contributed by atoms with Gasteiger partial charge in [0.05, 0.1) is 12.0 Å². The lowest BCUT2D eigenvalue weighted by atomic mass is 9.87. The number of nitrogens with zero attached hydrogens (tertiary/aromatic N) is 1. The van der Waals surface area contributed by atoms with Crippen molar-refractivity contribution >= 4 is 23.2 Å². The summed E-state index contributed by atoms with van der Waals surface area (Å²) in [6.07, 6.45) is 1.86. The molecule has 0 bridgehead atoms. The third-order valence-electron chi connectivity index (χ3n) is 4.00. The van der Waals surface area contributed by atoms with Crippen molar-refractivity contribution in [1.82, 2.24) is 10.2 Å². The molecule has 0 saturated carbocycles. The quantitative estimate of drug-likeness (QED) is 0.782. The fourth-order valence-electron chi connectivity index (χ4n) is 2.82. The van der Waals surface area contributed by atoms with Gasteiger partial charge in [-0.3, -0.25) is 9.59 Å². The highest BCUT2D eigenvalue weighted by Crippen LogP contribution is 2.37. The van der Waals surface area contributed by atoms with E-state index in [1.54, 1.807) is 23.3 Å². The second kappa shape index (κ2) is 8.29. The van der Waals surface area contributed by atoms with Crippen LogP contribution in [0.15, 0.2) is 17.5 Å². The number of piperidine rings is 1. The molecule has 1 fully saturated rings. The first kappa shape index (κ1) is 17.0. The van der Waals surface area contributed by atoms with Gasteiger partial charge >= 0.3 is 0 Å². The number of rotatable bonds is 7. The van der Waals surface area contributed by atoms with Crippen LogP contribution in [0.25, 0.3) is 0 Å². The van der Waals surface area contributed by atoms with Gasteiger partial charge in [0.15, 0.2) is 0 Å². The Labute approximate surface area is 135 Å². The third-order valence-corrected chi connectivity index (χ3v) is 4.94. The molecule has 122 valence electrons. The molecule has 1 aliphatic heterocycles. The van der Waals surface area contributed by atoms with Crippen LogP contribution in [0.2, 0.25) is 0 Å². The average molecular weight is 324 g/mol. The zero-order valence-electron chi connectivity index (χ0n) is 13.2. The molecule has 6 heteroatoms. The molecule has 0 spiro atoms. The van der Waals surface area contributed by atoms with Gasteiger partial charge in [-0.15, -0.1) is 11.3 Å².